The number of fused-ring (bicyclic) bond motifs is 1. The number of carbonyl (C=O) groups excluding carboxylic acids is 1. The van der Waals surface area contributed by atoms with Gasteiger partial charge in [-0.05, 0) is 23.3 Å². The molecule has 7 nitrogen and oxygen atoms in total. The van der Waals surface area contributed by atoms with E-state index in [1.807, 2.05) is 39.9 Å². The molecule has 32 heavy (non-hydrogen) atoms. The van der Waals surface area contributed by atoms with Gasteiger partial charge in [0.05, 0.1) is 19.8 Å². The van der Waals surface area contributed by atoms with E-state index in [9.17, 15) is 9.90 Å². The van der Waals surface area contributed by atoms with E-state index in [0.29, 0.717) is 45.1 Å². The highest BCUT2D eigenvalue weighted by atomic mass is 16.5. The molecule has 5 rings (SSSR count). The van der Waals surface area contributed by atoms with E-state index < -0.39 is 0 Å². The van der Waals surface area contributed by atoms with Gasteiger partial charge in [-0.1, -0.05) is 42.5 Å². The van der Waals surface area contributed by atoms with Crippen LogP contribution in [0.5, 0.6) is 5.75 Å². The Bertz CT molecular complexity index is 1090. The number of aromatic nitrogens is 2. The zero-order chi connectivity index (χ0) is 21.9. The highest BCUT2D eigenvalue weighted by molar-refractivity contribution is 5.94. The van der Waals surface area contributed by atoms with Gasteiger partial charge in [0.15, 0.2) is 5.69 Å². The molecule has 166 valence electrons. The lowest BCUT2D eigenvalue weighted by Gasteiger charge is -2.29. The lowest BCUT2D eigenvalue weighted by molar-refractivity contribution is 0.0297. The fraction of sp³-hybridized carbons (Fsp3) is 0.360. The highest BCUT2D eigenvalue weighted by Crippen LogP contribution is 2.26. The molecular weight excluding hydrogens is 404 g/mol. The largest absolute Gasteiger partial charge is 0.508 e. The van der Waals surface area contributed by atoms with Crippen molar-refractivity contribution < 1.29 is 14.6 Å². The van der Waals surface area contributed by atoms with Crippen LogP contribution in [0.1, 0.15) is 32.9 Å². The summed E-state index contributed by atoms with van der Waals surface area (Å²) in [6.45, 7) is 5.29. The van der Waals surface area contributed by atoms with Crippen molar-refractivity contribution in [2.24, 2.45) is 0 Å². The zero-order valence-corrected chi connectivity index (χ0v) is 18.1. The second kappa shape index (κ2) is 9.14. The van der Waals surface area contributed by atoms with Crippen molar-refractivity contribution >= 4 is 5.91 Å². The molecule has 2 aliphatic heterocycles. The zero-order valence-electron chi connectivity index (χ0n) is 18.1. The molecular formula is C25H28N4O3. The molecule has 0 atom stereocenters. The van der Waals surface area contributed by atoms with Crippen molar-refractivity contribution in [3.05, 3.63) is 82.7 Å². The molecule has 1 aromatic heterocycles. The lowest BCUT2D eigenvalue weighted by atomic mass is 10.0. The number of amides is 1. The van der Waals surface area contributed by atoms with E-state index in [1.54, 1.807) is 12.1 Å². The molecule has 3 heterocycles. The Morgan fingerprint density at radius 3 is 2.53 bits per heavy atom. The SMILES string of the molecule is O=C(c1nn(Cc2ccccc2)c2c1CN(Cc1cccc(O)c1)CC2)N1CCOCC1. The summed E-state index contributed by atoms with van der Waals surface area (Å²) >= 11 is 0. The molecule has 2 aliphatic rings. The van der Waals surface area contributed by atoms with Crippen LogP contribution in [0.25, 0.3) is 0 Å². The molecule has 0 bridgehead atoms. The third kappa shape index (κ3) is 4.40. The Morgan fingerprint density at radius 2 is 1.75 bits per heavy atom. The van der Waals surface area contributed by atoms with Gasteiger partial charge in [-0.25, -0.2) is 0 Å². The van der Waals surface area contributed by atoms with Gasteiger partial charge in [0.2, 0.25) is 0 Å². The van der Waals surface area contributed by atoms with Crippen LogP contribution in [0, 0.1) is 0 Å². The number of ether oxygens (including phenoxy) is 1. The average Bonchev–Trinajstić information content (AvgIpc) is 3.17. The fourth-order valence-electron chi connectivity index (χ4n) is 4.57. The molecule has 1 fully saturated rings. The van der Waals surface area contributed by atoms with Crippen LogP contribution in [-0.2, 0) is 30.8 Å². The standard InChI is InChI=1S/C25H28N4O3/c30-21-8-4-7-20(15-21)16-27-10-9-23-22(18-27)24(25(31)28-11-13-32-14-12-28)26-29(23)17-19-5-2-1-3-6-19/h1-8,15,30H,9-14,16-18H2. The number of hydrogen-bond donors (Lipinski definition) is 1. The van der Waals surface area contributed by atoms with E-state index in [1.165, 1.54) is 5.56 Å². The second-order valence-corrected chi connectivity index (χ2v) is 8.45. The number of morpholine rings is 1. The van der Waals surface area contributed by atoms with Crippen LogP contribution in [0.15, 0.2) is 54.6 Å². The third-order valence-corrected chi connectivity index (χ3v) is 6.21. The maximum Gasteiger partial charge on any atom is 0.274 e. The predicted octanol–water partition coefficient (Wildman–Crippen LogP) is 2.67. The van der Waals surface area contributed by atoms with E-state index in [2.05, 4.69) is 17.0 Å². The summed E-state index contributed by atoms with van der Waals surface area (Å²) < 4.78 is 7.45. The van der Waals surface area contributed by atoms with Gasteiger partial charge in [0.1, 0.15) is 5.75 Å². The summed E-state index contributed by atoms with van der Waals surface area (Å²) in [5.41, 5.74) is 4.98. The van der Waals surface area contributed by atoms with Gasteiger partial charge >= 0.3 is 0 Å². The van der Waals surface area contributed by atoms with Gasteiger partial charge in [-0.2, -0.15) is 5.10 Å². The molecule has 1 N–H and O–H groups in total. The second-order valence-electron chi connectivity index (χ2n) is 8.45. The summed E-state index contributed by atoms with van der Waals surface area (Å²) in [5, 5.41) is 14.6. The van der Waals surface area contributed by atoms with Crippen molar-refractivity contribution in [3.63, 3.8) is 0 Å². The molecule has 0 unspecified atom stereocenters. The minimum atomic E-state index is -0.00410. The van der Waals surface area contributed by atoms with Gasteiger partial charge in [0, 0.05) is 50.4 Å². The molecule has 2 aromatic carbocycles. The lowest BCUT2D eigenvalue weighted by Crippen LogP contribution is -2.41. The molecule has 0 radical (unpaired) electrons. The van der Waals surface area contributed by atoms with Crippen LogP contribution < -0.4 is 0 Å². The fourth-order valence-corrected chi connectivity index (χ4v) is 4.57. The monoisotopic (exact) mass is 432 g/mol. The third-order valence-electron chi connectivity index (χ3n) is 6.21. The van der Waals surface area contributed by atoms with Crippen molar-refractivity contribution in [2.75, 3.05) is 32.8 Å². The summed E-state index contributed by atoms with van der Waals surface area (Å²) in [4.78, 5) is 17.6. The smallest absolute Gasteiger partial charge is 0.274 e. The Morgan fingerprint density at radius 1 is 0.969 bits per heavy atom. The summed E-state index contributed by atoms with van der Waals surface area (Å²) in [5.74, 6) is 0.273. The predicted molar refractivity (Wildman–Crippen MR) is 120 cm³/mol. The number of hydrogen-bond acceptors (Lipinski definition) is 5. The molecule has 0 aliphatic carbocycles. The van der Waals surface area contributed by atoms with Crippen molar-refractivity contribution in [1.29, 1.82) is 0 Å². The summed E-state index contributed by atoms with van der Waals surface area (Å²) in [6, 6.07) is 17.6. The van der Waals surface area contributed by atoms with E-state index >= 15 is 0 Å². The van der Waals surface area contributed by atoms with E-state index in [4.69, 9.17) is 9.84 Å². The maximum atomic E-state index is 13.4. The Hall–Kier alpha value is -3.16. The van der Waals surface area contributed by atoms with Crippen molar-refractivity contribution in [3.8, 4) is 5.75 Å². The van der Waals surface area contributed by atoms with Crippen LogP contribution in [-0.4, -0.2) is 63.4 Å². The minimum absolute atomic E-state index is 0.00410. The quantitative estimate of drug-likeness (QED) is 0.671. The van der Waals surface area contributed by atoms with Gasteiger partial charge in [-0.3, -0.25) is 14.4 Å². The number of benzene rings is 2. The summed E-state index contributed by atoms with van der Waals surface area (Å²) in [6.07, 6.45) is 0.838. The van der Waals surface area contributed by atoms with Crippen LogP contribution >= 0.6 is 0 Å². The Kier molecular flexibility index (Phi) is 5.92. The van der Waals surface area contributed by atoms with Gasteiger partial charge < -0.3 is 14.7 Å². The number of phenolic OH excluding ortho intramolecular Hbond substituents is 1. The van der Waals surface area contributed by atoms with E-state index in [-0.39, 0.29) is 11.7 Å². The van der Waals surface area contributed by atoms with Gasteiger partial charge in [0.25, 0.3) is 5.91 Å². The molecule has 3 aromatic rings. The Balaban J connectivity index is 1.44. The van der Waals surface area contributed by atoms with Crippen LogP contribution in [0.4, 0.5) is 0 Å². The topological polar surface area (TPSA) is 70.8 Å². The first-order valence-electron chi connectivity index (χ1n) is 11.2. The van der Waals surface area contributed by atoms with Crippen LogP contribution in [0.3, 0.4) is 0 Å². The van der Waals surface area contributed by atoms with Crippen LogP contribution in [0.2, 0.25) is 0 Å². The number of rotatable bonds is 5. The number of aromatic hydroxyl groups is 1. The normalized spacial score (nSPS) is 16.7. The number of phenols is 1. The highest BCUT2D eigenvalue weighted by Gasteiger charge is 2.31. The first-order valence-corrected chi connectivity index (χ1v) is 11.2. The van der Waals surface area contributed by atoms with Crippen molar-refractivity contribution in [1.82, 2.24) is 19.6 Å². The van der Waals surface area contributed by atoms with E-state index in [0.717, 1.165) is 36.3 Å². The maximum absolute atomic E-state index is 13.4. The first-order chi connectivity index (χ1) is 15.7. The van der Waals surface area contributed by atoms with Crippen molar-refractivity contribution in [2.45, 2.75) is 26.1 Å². The molecule has 0 saturated carbocycles. The average molecular weight is 433 g/mol. The number of nitrogens with zero attached hydrogens (tertiary/aromatic N) is 4. The molecule has 7 heteroatoms. The first kappa shape index (κ1) is 20.7. The van der Waals surface area contributed by atoms with Gasteiger partial charge in [-0.15, -0.1) is 0 Å². The number of carbonyl (C=O) groups is 1. The molecule has 1 amide bonds. The molecule has 0 spiro atoms. The minimum Gasteiger partial charge on any atom is -0.508 e. The molecule has 1 saturated heterocycles. The summed E-state index contributed by atoms with van der Waals surface area (Å²) in [7, 11) is 0. The Labute approximate surface area is 187 Å².